The summed E-state index contributed by atoms with van der Waals surface area (Å²) in [5.74, 6) is 0. The number of nitrogens with one attached hydrogen (secondary N) is 1. The SMILES string of the molecule is CN(c1ccnc2[nH]ccc12)[C@@H]1CCCN(S(C)(=O)=O)C1. The largest absolute Gasteiger partial charge is 0.370 e. The van der Waals surface area contributed by atoms with Crippen molar-refractivity contribution in [2.45, 2.75) is 18.9 Å². The van der Waals surface area contributed by atoms with Crippen molar-refractivity contribution in [1.82, 2.24) is 14.3 Å². The van der Waals surface area contributed by atoms with Crippen LogP contribution in [-0.4, -0.2) is 55.1 Å². The van der Waals surface area contributed by atoms with Gasteiger partial charge in [0.15, 0.2) is 0 Å². The number of likely N-dealkylation sites (N-methyl/N-ethyl adjacent to an activating group) is 1. The molecule has 0 aliphatic carbocycles. The molecule has 1 fully saturated rings. The second kappa shape index (κ2) is 5.31. The molecule has 3 heterocycles. The number of pyridine rings is 1. The topological polar surface area (TPSA) is 69.3 Å². The third kappa shape index (κ3) is 2.75. The molecule has 7 heteroatoms. The molecule has 0 saturated carbocycles. The van der Waals surface area contributed by atoms with Crippen molar-refractivity contribution >= 4 is 26.7 Å². The van der Waals surface area contributed by atoms with Crippen LogP contribution in [0.5, 0.6) is 0 Å². The van der Waals surface area contributed by atoms with Crippen LogP contribution in [0, 0.1) is 0 Å². The number of anilines is 1. The Labute approximate surface area is 124 Å². The van der Waals surface area contributed by atoms with Crippen molar-refractivity contribution in [3.05, 3.63) is 24.5 Å². The van der Waals surface area contributed by atoms with Crippen LogP contribution in [0.15, 0.2) is 24.5 Å². The van der Waals surface area contributed by atoms with Crippen LogP contribution in [0.1, 0.15) is 12.8 Å². The van der Waals surface area contributed by atoms with E-state index in [-0.39, 0.29) is 6.04 Å². The number of H-pyrrole nitrogens is 1. The van der Waals surface area contributed by atoms with E-state index in [0.29, 0.717) is 13.1 Å². The lowest BCUT2D eigenvalue weighted by Gasteiger charge is -2.37. The monoisotopic (exact) mass is 308 g/mol. The molecule has 0 spiro atoms. The molecule has 1 saturated heterocycles. The van der Waals surface area contributed by atoms with E-state index in [1.807, 2.05) is 25.4 Å². The molecule has 0 bridgehead atoms. The fourth-order valence-electron chi connectivity index (χ4n) is 2.99. The normalized spacial score (nSPS) is 20.8. The zero-order chi connectivity index (χ0) is 15.0. The molecule has 2 aromatic rings. The Hall–Kier alpha value is -1.60. The van der Waals surface area contributed by atoms with Crippen molar-refractivity contribution in [2.75, 3.05) is 31.3 Å². The first-order valence-electron chi connectivity index (χ1n) is 7.07. The van der Waals surface area contributed by atoms with E-state index in [1.54, 1.807) is 10.5 Å². The third-order valence-electron chi connectivity index (χ3n) is 4.19. The lowest BCUT2D eigenvalue weighted by molar-refractivity contribution is 0.312. The van der Waals surface area contributed by atoms with Gasteiger partial charge in [-0.2, -0.15) is 0 Å². The van der Waals surface area contributed by atoms with Crippen molar-refractivity contribution in [3.8, 4) is 0 Å². The highest BCUT2D eigenvalue weighted by molar-refractivity contribution is 7.88. The first-order chi connectivity index (χ1) is 9.97. The van der Waals surface area contributed by atoms with Crippen LogP contribution < -0.4 is 4.90 Å². The molecule has 1 atom stereocenters. The minimum atomic E-state index is -3.12. The second-order valence-corrected chi connectivity index (χ2v) is 7.58. The first kappa shape index (κ1) is 14.3. The number of aromatic nitrogens is 2. The molecule has 0 unspecified atom stereocenters. The first-order valence-corrected chi connectivity index (χ1v) is 8.91. The molecule has 6 nitrogen and oxygen atoms in total. The summed E-state index contributed by atoms with van der Waals surface area (Å²) in [7, 11) is -1.09. The van der Waals surface area contributed by atoms with Crippen molar-refractivity contribution in [3.63, 3.8) is 0 Å². The Kier molecular flexibility index (Phi) is 3.62. The zero-order valence-corrected chi connectivity index (χ0v) is 13.1. The van der Waals surface area contributed by atoms with Crippen LogP contribution in [-0.2, 0) is 10.0 Å². The van der Waals surface area contributed by atoms with Crippen LogP contribution >= 0.6 is 0 Å². The second-order valence-electron chi connectivity index (χ2n) is 5.60. The molecule has 1 N–H and O–H groups in total. The minimum absolute atomic E-state index is 0.189. The molecule has 114 valence electrons. The number of nitrogens with zero attached hydrogens (tertiary/aromatic N) is 3. The summed E-state index contributed by atoms with van der Waals surface area (Å²) >= 11 is 0. The highest BCUT2D eigenvalue weighted by atomic mass is 32.2. The Morgan fingerprint density at radius 1 is 1.43 bits per heavy atom. The number of aromatic amines is 1. The van der Waals surface area contributed by atoms with Crippen molar-refractivity contribution in [1.29, 1.82) is 0 Å². The smallest absolute Gasteiger partial charge is 0.211 e. The molecule has 0 aromatic carbocycles. The van der Waals surface area contributed by atoms with Gasteiger partial charge in [-0.25, -0.2) is 17.7 Å². The number of sulfonamides is 1. The maximum atomic E-state index is 11.8. The van der Waals surface area contributed by atoms with Gasteiger partial charge in [-0.3, -0.25) is 0 Å². The average Bonchev–Trinajstić information content (AvgIpc) is 2.94. The lowest BCUT2D eigenvalue weighted by atomic mass is 10.1. The quantitative estimate of drug-likeness (QED) is 0.931. The summed E-state index contributed by atoms with van der Waals surface area (Å²) in [5.41, 5.74) is 1.94. The van der Waals surface area contributed by atoms with E-state index >= 15 is 0 Å². The maximum absolute atomic E-state index is 11.8. The number of hydrogen-bond donors (Lipinski definition) is 1. The van der Waals surface area contributed by atoms with Gasteiger partial charge in [-0.15, -0.1) is 0 Å². The van der Waals surface area contributed by atoms with Gasteiger partial charge in [0.25, 0.3) is 0 Å². The zero-order valence-electron chi connectivity index (χ0n) is 12.3. The predicted molar refractivity (Wildman–Crippen MR) is 83.9 cm³/mol. The van der Waals surface area contributed by atoms with Gasteiger partial charge in [0.1, 0.15) is 5.65 Å². The molecule has 21 heavy (non-hydrogen) atoms. The minimum Gasteiger partial charge on any atom is -0.370 e. The van der Waals surface area contributed by atoms with Crippen LogP contribution in [0.3, 0.4) is 0 Å². The van der Waals surface area contributed by atoms with Crippen LogP contribution in [0.25, 0.3) is 11.0 Å². The average molecular weight is 308 g/mol. The molecule has 3 rings (SSSR count). The molecular formula is C14H20N4O2S. The summed E-state index contributed by atoms with van der Waals surface area (Å²) < 4.78 is 25.1. The number of rotatable bonds is 3. The highest BCUT2D eigenvalue weighted by Gasteiger charge is 2.28. The van der Waals surface area contributed by atoms with Gasteiger partial charge in [-0.1, -0.05) is 0 Å². The van der Waals surface area contributed by atoms with E-state index in [4.69, 9.17) is 0 Å². The summed E-state index contributed by atoms with van der Waals surface area (Å²) in [6.07, 6.45) is 6.83. The maximum Gasteiger partial charge on any atom is 0.211 e. The summed E-state index contributed by atoms with van der Waals surface area (Å²) in [4.78, 5) is 9.58. The number of piperidine rings is 1. The van der Waals surface area contributed by atoms with E-state index in [1.165, 1.54) is 6.26 Å². The fraction of sp³-hybridized carbons (Fsp3) is 0.500. The van der Waals surface area contributed by atoms with E-state index < -0.39 is 10.0 Å². The van der Waals surface area contributed by atoms with Crippen LogP contribution in [0.4, 0.5) is 5.69 Å². The Balaban J connectivity index is 1.88. The number of fused-ring (bicyclic) bond motifs is 1. The summed E-state index contributed by atoms with van der Waals surface area (Å²) in [6, 6.07) is 4.18. The highest BCUT2D eigenvalue weighted by Crippen LogP contribution is 2.28. The van der Waals surface area contributed by atoms with Gasteiger partial charge in [0, 0.05) is 49.6 Å². The van der Waals surface area contributed by atoms with Crippen LogP contribution in [0.2, 0.25) is 0 Å². The Bertz CT molecular complexity index is 740. The van der Waals surface area contributed by atoms with E-state index in [2.05, 4.69) is 14.9 Å². The van der Waals surface area contributed by atoms with Gasteiger partial charge in [0.05, 0.1) is 6.26 Å². The molecule has 1 aliphatic heterocycles. The van der Waals surface area contributed by atoms with E-state index in [9.17, 15) is 8.42 Å². The molecular weight excluding hydrogens is 288 g/mol. The van der Waals surface area contributed by atoms with Crippen molar-refractivity contribution < 1.29 is 8.42 Å². The summed E-state index contributed by atoms with van der Waals surface area (Å²) in [6.45, 7) is 1.17. The molecule has 2 aromatic heterocycles. The predicted octanol–water partition coefficient (Wildman–Crippen LogP) is 1.42. The van der Waals surface area contributed by atoms with E-state index in [0.717, 1.165) is 29.6 Å². The Morgan fingerprint density at radius 3 is 3.00 bits per heavy atom. The fourth-order valence-corrected chi connectivity index (χ4v) is 3.89. The standard InChI is InChI=1S/C14H20N4O2S/c1-17(11-4-3-9-18(10-11)21(2,19)20)13-6-8-16-14-12(13)5-7-15-14/h5-8,11H,3-4,9-10H2,1-2H3,(H,15,16)/t11-/m1/s1. The van der Waals surface area contributed by atoms with Gasteiger partial charge in [0.2, 0.25) is 10.0 Å². The van der Waals surface area contributed by atoms with Crippen molar-refractivity contribution in [2.24, 2.45) is 0 Å². The molecule has 1 aliphatic rings. The van der Waals surface area contributed by atoms with Gasteiger partial charge in [-0.05, 0) is 25.0 Å². The lowest BCUT2D eigenvalue weighted by Crippen LogP contribution is -2.48. The molecule has 0 amide bonds. The molecule has 0 radical (unpaired) electrons. The number of hydrogen-bond acceptors (Lipinski definition) is 4. The third-order valence-corrected chi connectivity index (χ3v) is 5.46. The Morgan fingerprint density at radius 2 is 2.24 bits per heavy atom. The van der Waals surface area contributed by atoms with Gasteiger partial charge >= 0.3 is 0 Å². The van der Waals surface area contributed by atoms with Gasteiger partial charge < -0.3 is 9.88 Å². The summed E-state index contributed by atoms with van der Waals surface area (Å²) in [5, 5.41) is 1.07.